The summed E-state index contributed by atoms with van der Waals surface area (Å²) in [6.07, 6.45) is 1.44. The van der Waals surface area contributed by atoms with Crippen LogP contribution in [0.2, 0.25) is 0 Å². The van der Waals surface area contributed by atoms with E-state index >= 15 is 0 Å². The molecule has 2 aliphatic heterocycles. The number of carbonyl (C=O) groups excluding carboxylic acids is 1. The van der Waals surface area contributed by atoms with Gasteiger partial charge in [0.2, 0.25) is 0 Å². The summed E-state index contributed by atoms with van der Waals surface area (Å²) in [5.41, 5.74) is 1.94. The monoisotopic (exact) mass is 258 g/mol. The van der Waals surface area contributed by atoms with Gasteiger partial charge < -0.3 is 5.32 Å². The van der Waals surface area contributed by atoms with Gasteiger partial charge in [-0.1, -0.05) is 30.3 Å². The van der Waals surface area contributed by atoms with Crippen LogP contribution in [-0.2, 0) is 5.75 Å². The zero-order valence-electron chi connectivity index (χ0n) is 9.41. The smallest absolute Gasteiger partial charge is 0.319 e. The molecular formula is C12H10N4OS. The number of benzene rings is 1. The van der Waals surface area contributed by atoms with Crippen LogP contribution in [0.25, 0.3) is 0 Å². The molecule has 2 aliphatic rings. The van der Waals surface area contributed by atoms with Crippen LogP contribution in [0.5, 0.6) is 0 Å². The normalized spacial score (nSPS) is 21.1. The Morgan fingerprint density at radius 2 is 2.11 bits per heavy atom. The molecule has 0 saturated heterocycles. The lowest BCUT2D eigenvalue weighted by atomic mass is 10.2. The summed E-state index contributed by atoms with van der Waals surface area (Å²) in [4.78, 5) is 23.3. The number of hydrogen-bond acceptors (Lipinski definition) is 4. The summed E-state index contributed by atoms with van der Waals surface area (Å²) >= 11 is 1.61. The van der Waals surface area contributed by atoms with E-state index in [1.165, 1.54) is 11.9 Å². The third-order valence-corrected chi connectivity index (χ3v) is 3.75. The van der Waals surface area contributed by atoms with Gasteiger partial charge in [-0.05, 0) is 5.56 Å². The quantitative estimate of drug-likeness (QED) is 0.899. The number of hydrogen-bond donors (Lipinski definition) is 1. The summed E-state index contributed by atoms with van der Waals surface area (Å²) in [6.45, 7) is 0. The van der Waals surface area contributed by atoms with E-state index in [-0.39, 0.29) is 11.4 Å². The molecule has 18 heavy (non-hydrogen) atoms. The molecule has 90 valence electrons. The SMILES string of the molecule is O=C1N=C2N=CN=C2C(SCc2ccccc2)N1. The first-order valence-electron chi connectivity index (χ1n) is 5.48. The number of urea groups is 1. The number of carbonyl (C=O) groups is 1. The Morgan fingerprint density at radius 1 is 1.28 bits per heavy atom. The minimum absolute atomic E-state index is 0.173. The molecule has 0 aliphatic carbocycles. The van der Waals surface area contributed by atoms with E-state index in [2.05, 4.69) is 32.4 Å². The third-order valence-electron chi connectivity index (χ3n) is 2.58. The van der Waals surface area contributed by atoms with Gasteiger partial charge in [0.05, 0.1) is 0 Å². The van der Waals surface area contributed by atoms with Gasteiger partial charge in [-0.15, -0.1) is 11.8 Å². The molecule has 0 spiro atoms. The van der Waals surface area contributed by atoms with Crippen LogP contribution in [-0.4, -0.2) is 29.3 Å². The Bertz CT molecular complexity index is 565. The highest BCUT2D eigenvalue weighted by atomic mass is 32.2. The standard InChI is InChI=1S/C12H10N4OS/c17-12-15-10-9(13-7-14-10)11(16-12)18-6-8-4-2-1-3-5-8/h1-5,7,11H,6H2,(H,16,17). The fourth-order valence-corrected chi connectivity index (χ4v) is 2.78. The minimum atomic E-state index is -0.353. The van der Waals surface area contributed by atoms with Crippen molar-refractivity contribution in [3.8, 4) is 0 Å². The Kier molecular flexibility index (Phi) is 2.93. The molecule has 0 radical (unpaired) electrons. The molecule has 2 amide bonds. The number of nitrogens with one attached hydrogen (secondary N) is 1. The van der Waals surface area contributed by atoms with Gasteiger partial charge in [0.25, 0.3) is 0 Å². The molecule has 3 rings (SSSR count). The number of nitrogens with zero attached hydrogens (tertiary/aromatic N) is 3. The van der Waals surface area contributed by atoms with Crippen LogP contribution in [0, 0.1) is 0 Å². The second-order valence-electron chi connectivity index (χ2n) is 3.82. The highest BCUT2D eigenvalue weighted by Crippen LogP contribution is 2.21. The van der Waals surface area contributed by atoms with Crippen molar-refractivity contribution in [3.05, 3.63) is 35.9 Å². The second-order valence-corrected chi connectivity index (χ2v) is 4.91. The van der Waals surface area contributed by atoms with E-state index in [0.717, 1.165) is 11.5 Å². The van der Waals surface area contributed by atoms with E-state index in [1.807, 2.05) is 18.2 Å². The molecule has 0 bridgehead atoms. The lowest BCUT2D eigenvalue weighted by Gasteiger charge is -2.20. The molecule has 1 atom stereocenters. The van der Waals surface area contributed by atoms with Gasteiger partial charge in [0.15, 0.2) is 5.84 Å². The van der Waals surface area contributed by atoms with E-state index in [4.69, 9.17) is 0 Å². The van der Waals surface area contributed by atoms with Gasteiger partial charge in [0, 0.05) is 5.75 Å². The maximum absolute atomic E-state index is 11.4. The molecule has 1 unspecified atom stereocenters. The summed E-state index contributed by atoms with van der Waals surface area (Å²) < 4.78 is 0. The van der Waals surface area contributed by atoms with Crippen molar-refractivity contribution in [1.29, 1.82) is 0 Å². The number of amides is 2. The lowest BCUT2D eigenvalue weighted by molar-refractivity contribution is 0.249. The van der Waals surface area contributed by atoms with Crippen molar-refractivity contribution in [3.63, 3.8) is 0 Å². The predicted octanol–water partition coefficient (Wildman–Crippen LogP) is 1.85. The Labute approximate surface area is 108 Å². The summed E-state index contributed by atoms with van der Waals surface area (Å²) in [5, 5.41) is 2.61. The summed E-state index contributed by atoms with van der Waals surface area (Å²) in [7, 11) is 0. The Morgan fingerprint density at radius 3 is 2.94 bits per heavy atom. The first-order chi connectivity index (χ1) is 8.83. The van der Waals surface area contributed by atoms with Crippen molar-refractivity contribution in [1.82, 2.24) is 5.32 Å². The van der Waals surface area contributed by atoms with E-state index in [0.29, 0.717) is 5.84 Å². The van der Waals surface area contributed by atoms with Crippen LogP contribution in [0.1, 0.15) is 5.56 Å². The van der Waals surface area contributed by atoms with Crippen molar-refractivity contribution in [2.24, 2.45) is 15.0 Å². The first kappa shape index (κ1) is 11.2. The van der Waals surface area contributed by atoms with Gasteiger partial charge in [-0.25, -0.2) is 14.8 Å². The molecular weight excluding hydrogens is 248 g/mol. The molecule has 1 aromatic carbocycles. The maximum atomic E-state index is 11.4. The third kappa shape index (κ3) is 2.19. The number of fused-ring (bicyclic) bond motifs is 1. The van der Waals surface area contributed by atoms with Gasteiger partial charge in [-0.3, -0.25) is 0 Å². The number of rotatable bonds is 3. The van der Waals surface area contributed by atoms with Crippen LogP contribution in [0.3, 0.4) is 0 Å². The van der Waals surface area contributed by atoms with Crippen molar-refractivity contribution < 1.29 is 4.79 Å². The molecule has 0 aromatic heterocycles. The van der Waals surface area contributed by atoms with E-state index in [1.54, 1.807) is 11.8 Å². The summed E-state index contributed by atoms with van der Waals surface area (Å²) in [6, 6.07) is 9.74. The molecule has 6 heteroatoms. The molecule has 1 N–H and O–H groups in total. The van der Waals surface area contributed by atoms with Crippen LogP contribution in [0.4, 0.5) is 4.79 Å². The average molecular weight is 258 g/mol. The van der Waals surface area contributed by atoms with E-state index < -0.39 is 0 Å². The number of thioether (sulfide) groups is 1. The van der Waals surface area contributed by atoms with Gasteiger partial charge in [0.1, 0.15) is 17.4 Å². The molecule has 5 nitrogen and oxygen atoms in total. The second kappa shape index (κ2) is 4.73. The lowest BCUT2D eigenvalue weighted by Crippen LogP contribution is -2.44. The highest BCUT2D eigenvalue weighted by Gasteiger charge is 2.30. The molecule has 0 fully saturated rings. The van der Waals surface area contributed by atoms with Crippen molar-refractivity contribution in [2.45, 2.75) is 11.1 Å². The molecule has 1 aromatic rings. The van der Waals surface area contributed by atoms with Gasteiger partial charge in [-0.2, -0.15) is 4.99 Å². The van der Waals surface area contributed by atoms with Gasteiger partial charge >= 0.3 is 6.03 Å². The minimum Gasteiger partial charge on any atom is -0.319 e. The van der Waals surface area contributed by atoms with Crippen molar-refractivity contribution >= 4 is 35.7 Å². The van der Waals surface area contributed by atoms with Crippen LogP contribution >= 0.6 is 11.8 Å². The zero-order chi connectivity index (χ0) is 12.4. The molecule has 0 saturated carbocycles. The van der Waals surface area contributed by atoms with Crippen molar-refractivity contribution in [2.75, 3.05) is 0 Å². The highest BCUT2D eigenvalue weighted by molar-refractivity contribution is 8.00. The zero-order valence-corrected chi connectivity index (χ0v) is 10.2. The van der Waals surface area contributed by atoms with Crippen LogP contribution in [0.15, 0.2) is 45.3 Å². The first-order valence-corrected chi connectivity index (χ1v) is 6.53. The summed E-state index contributed by atoms with van der Waals surface area (Å²) in [5.74, 6) is 1.24. The van der Waals surface area contributed by atoms with E-state index in [9.17, 15) is 4.79 Å². The fraction of sp³-hybridized carbons (Fsp3) is 0.167. The largest absolute Gasteiger partial charge is 0.344 e. The molecule has 2 heterocycles. The fourth-order valence-electron chi connectivity index (χ4n) is 1.72. The predicted molar refractivity (Wildman–Crippen MR) is 73.4 cm³/mol. The number of aliphatic imine (C=N–C) groups is 3. The average Bonchev–Trinajstić information content (AvgIpc) is 2.85. The number of amidine groups is 1. The Hall–Kier alpha value is -1.95. The topological polar surface area (TPSA) is 66.2 Å². The Balaban J connectivity index is 1.71. The maximum Gasteiger partial charge on any atom is 0.344 e. The van der Waals surface area contributed by atoms with Crippen LogP contribution < -0.4 is 5.32 Å².